The number of carbonyl (C=O) groups is 1. The number of ether oxygens (including phenoxy) is 1. The number of fused-ring (bicyclic) bond motifs is 1. The number of nitrogens with one attached hydrogen (secondary N) is 1. The van der Waals surface area contributed by atoms with E-state index in [0.29, 0.717) is 37.3 Å². The van der Waals surface area contributed by atoms with E-state index in [2.05, 4.69) is 20.3 Å². The van der Waals surface area contributed by atoms with Gasteiger partial charge in [0.05, 0.1) is 30.1 Å². The van der Waals surface area contributed by atoms with E-state index in [-0.39, 0.29) is 17.9 Å². The van der Waals surface area contributed by atoms with Crippen molar-refractivity contribution in [2.75, 3.05) is 31.1 Å². The Balaban J connectivity index is 1.35. The first-order valence-electron chi connectivity index (χ1n) is 8.14. The number of nitrogens with zero attached hydrogens (tertiary/aromatic N) is 4. The minimum Gasteiger partial charge on any atom is -0.376 e. The van der Waals surface area contributed by atoms with Crippen molar-refractivity contribution >= 4 is 23.2 Å². The largest absolute Gasteiger partial charge is 0.376 e. The summed E-state index contributed by atoms with van der Waals surface area (Å²) in [7, 11) is 0. The zero-order chi connectivity index (χ0) is 17.4. The summed E-state index contributed by atoms with van der Waals surface area (Å²) in [6.45, 7) is 4.48. The highest BCUT2D eigenvalue weighted by Crippen LogP contribution is 2.34. The predicted molar refractivity (Wildman–Crippen MR) is 90.1 cm³/mol. The smallest absolute Gasteiger partial charge is 0.270 e. The molecule has 2 aromatic rings. The number of anilines is 1. The number of rotatable bonds is 4. The van der Waals surface area contributed by atoms with Crippen molar-refractivity contribution in [3.05, 3.63) is 34.3 Å². The second-order valence-electron chi connectivity index (χ2n) is 6.36. The fraction of sp³-hybridized carbons (Fsp3) is 0.500. The van der Waals surface area contributed by atoms with Crippen molar-refractivity contribution in [1.29, 1.82) is 0 Å². The van der Waals surface area contributed by atoms with Crippen LogP contribution in [0.25, 0.3) is 0 Å². The van der Waals surface area contributed by atoms with Crippen molar-refractivity contribution in [2.45, 2.75) is 13.0 Å². The number of aromatic nitrogens is 3. The topological polar surface area (TPSA) is 80.2 Å². The summed E-state index contributed by atoms with van der Waals surface area (Å²) in [5.74, 6) is 0.451. The summed E-state index contributed by atoms with van der Waals surface area (Å²) in [5, 5.41) is 5.60. The normalized spacial score (nSPS) is 25.2. The lowest BCUT2D eigenvalue weighted by atomic mass is 9.93. The zero-order valence-corrected chi connectivity index (χ0v) is 14.5. The van der Waals surface area contributed by atoms with Crippen LogP contribution in [0, 0.1) is 24.6 Å². The lowest BCUT2D eigenvalue weighted by Gasteiger charge is -2.19. The molecule has 0 bridgehead atoms. The Hall–Kier alpha value is -2.13. The Bertz CT molecular complexity index is 768. The quantitative estimate of drug-likeness (QED) is 0.881. The van der Waals surface area contributed by atoms with E-state index in [9.17, 15) is 9.18 Å². The Morgan fingerprint density at radius 1 is 1.44 bits per heavy atom. The van der Waals surface area contributed by atoms with Gasteiger partial charge in [0.15, 0.2) is 5.82 Å². The first-order valence-corrected chi connectivity index (χ1v) is 9.02. The second-order valence-corrected chi connectivity index (χ2v) is 7.43. The molecule has 25 heavy (non-hydrogen) atoms. The van der Waals surface area contributed by atoms with Gasteiger partial charge in [-0.3, -0.25) is 4.79 Å². The number of thiazole rings is 1. The highest BCUT2D eigenvalue weighted by atomic mass is 32.1. The molecule has 2 saturated heterocycles. The Labute approximate surface area is 148 Å². The van der Waals surface area contributed by atoms with Crippen LogP contribution in [0.15, 0.2) is 17.8 Å². The Morgan fingerprint density at radius 2 is 2.24 bits per heavy atom. The third-order valence-corrected chi connectivity index (χ3v) is 5.48. The van der Waals surface area contributed by atoms with Crippen LogP contribution in [0.2, 0.25) is 0 Å². The summed E-state index contributed by atoms with van der Waals surface area (Å²) < 4.78 is 18.8. The van der Waals surface area contributed by atoms with Crippen LogP contribution in [-0.2, 0) is 4.74 Å². The maximum absolute atomic E-state index is 13.0. The van der Waals surface area contributed by atoms with Crippen molar-refractivity contribution in [1.82, 2.24) is 20.3 Å². The highest BCUT2D eigenvalue weighted by Gasteiger charge is 2.44. The lowest BCUT2D eigenvalue weighted by Crippen LogP contribution is -2.34. The fourth-order valence-electron chi connectivity index (χ4n) is 3.42. The van der Waals surface area contributed by atoms with Gasteiger partial charge in [-0.1, -0.05) is 0 Å². The van der Waals surface area contributed by atoms with Gasteiger partial charge in [0.2, 0.25) is 5.95 Å². The van der Waals surface area contributed by atoms with E-state index in [1.54, 1.807) is 5.38 Å². The minimum atomic E-state index is -0.447. The van der Waals surface area contributed by atoms with Crippen LogP contribution in [0.4, 0.5) is 10.3 Å². The van der Waals surface area contributed by atoms with Gasteiger partial charge in [0.25, 0.3) is 5.91 Å². The first kappa shape index (κ1) is 16.3. The molecule has 2 aliphatic heterocycles. The van der Waals surface area contributed by atoms with Gasteiger partial charge in [-0.25, -0.2) is 19.3 Å². The van der Waals surface area contributed by atoms with E-state index in [1.807, 2.05) is 11.8 Å². The first-order chi connectivity index (χ1) is 12.1. The molecular formula is C16H18FN5O2S. The maximum Gasteiger partial charge on any atom is 0.270 e. The van der Waals surface area contributed by atoms with Gasteiger partial charge in [0.1, 0.15) is 5.69 Å². The van der Waals surface area contributed by atoms with Gasteiger partial charge in [0, 0.05) is 36.9 Å². The van der Waals surface area contributed by atoms with Crippen molar-refractivity contribution < 1.29 is 13.9 Å². The summed E-state index contributed by atoms with van der Waals surface area (Å²) in [4.78, 5) is 26.4. The predicted octanol–water partition coefficient (Wildman–Crippen LogP) is 1.26. The number of halogens is 1. The van der Waals surface area contributed by atoms with E-state index in [4.69, 9.17) is 4.74 Å². The van der Waals surface area contributed by atoms with E-state index in [0.717, 1.165) is 11.6 Å². The van der Waals surface area contributed by atoms with Gasteiger partial charge in [-0.05, 0) is 6.92 Å². The van der Waals surface area contributed by atoms with E-state index >= 15 is 0 Å². The zero-order valence-electron chi connectivity index (χ0n) is 13.7. The minimum absolute atomic E-state index is 0.0945. The molecule has 0 aromatic carbocycles. The van der Waals surface area contributed by atoms with E-state index < -0.39 is 5.82 Å². The third kappa shape index (κ3) is 3.34. The lowest BCUT2D eigenvalue weighted by molar-refractivity contribution is 0.0935. The molecule has 9 heteroatoms. The molecule has 1 N–H and O–H groups in total. The fourth-order valence-corrected chi connectivity index (χ4v) is 4.02. The molecular weight excluding hydrogens is 345 g/mol. The van der Waals surface area contributed by atoms with Gasteiger partial charge < -0.3 is 15.0 Å². The van der Waals surface area contributed by atoms with Crippen LogP contribution in [-0.4, -0.2) is 53.2 Å². The number of hydrogen-bond donors (Lipinski definition) is 1. The molecule has 0 aliphatic carbocycles. The standard InChI is InChI=1S/C16H18FN5O2S/c1-9-21-13(8-25-9)15(23)18-2-10-7-24-14-6-22(5-12(10)14)16-19-3-11(17)4-20-16/h3-4,8,10,12,14H,2,5-7H2,1H3,(H,18,23)/t10-,12+,14+/m0/s1. The summed E-state index contributed by atoms with van der Waals surface area (Å²) >= 11 is 1.46. The van der Waals surface area contributed by atoms with Gasteiger partial charge in [-0.15, -0.1) is 11.3 Å². The number of hydrogen-bond acceptors (Lipinski definition) is 7. The van der Waals surface area contributed by atoms with Crippen LogP contribution < -0.4 is 10.2 Å². The van der Waals surface area contributed by atoms with Crippen LogP contribution >= 0.6 is 11.3 Å². The second kappa shape index (κ2) is 6.64. The van der Waals surface area contributed by atoms with Gasteiger partial charge >= 0.3 is 0 Å². The molecule has 2 aromatic heterocycles. The molecule has 7 nitrogen and oxygen atoms in total. The average molecular weight is 363 g/mol. The molecule has 132 valence electrons. The third-order valence-electron chi connectivity index (χ3n) is 4.70. The molecule has 0 spiro atoms. The molecule has 0 radical (unpaired) electrons. The van der Waals surface area contributed by atoms with Crippen LogP contribution in [0.3, 0.4) is 0 Å². The molecule has 2 fully saturated rings. The summed E-state index contributed by atoms with van der Waals surface area (Å²) in [6, 6.07) is 0. The monoisotopic (exact) mass is 363 g/mol. The Morgan fingerprint density at radius 3 is 2.96 bits per heavy atom. The molecule has 2 aliphatic rings. The molecule has 0 unspecified atom stereocenters. The van der Waals surface area contributed by atoms with E-state index in [1.165, 1.54) is 23.7 Å². The number of aryl methyl sites for hydroxylation is 1. The van der Waals surface area contributed by atoms with Gasteiger partial charge in [-0.2, -0.15) is 0 Å². The maximum atomic E-state index is 13.0. The summed E-state index contributed by atoms with van der Waals surface area (Å²) in [6.07, 6.45) is 2.44. The molecule has 3 atom stereocenters. The number of carbonyl (C=O) groups excluding carboxylic acids is 1. The average Bonchev–Trinajstić information content (AvgIpc) is 3.29. The van der Waals surface area contributed by atoms with Crippen molar-refractivity contribution in [2.24, 2.45) is 11.8 Å². The van der Waals surface area contributed by atoms with Crippen LogP contribution in [0.5, 0.6) is 0 Å². The molecule has 4 heterocycles. The van der Waals surface area contributed by atoms with Crippen LogP contribution in [0.1, 0.15) is 15.5 Å². The Kier molecular flexibility index (Phi) is 4.34. The highest BCUT2D eigenvalue weighted by molar-refractivity contribution is 7.09. The molecule has 4 rings (SSSR count). The van der Waals surface area contributed by atoms with Crippen molar-refractivity contribution in [3.8, 4) is 0 Å². The van der Waals surface area contributed by atoms with Crippen molar-refractivity contribution in [3.63, 3.8) is 0 Å². The molecule has 0 saturated carbocycles. The molecule has 1 amide bonds. The number of amides is 1. The SMILES string of the molecule is Cc1nc(C(=O)NC[C@H]2CO[C@@H]3CN(c4ncc(F)cn4)C[C@H]23)cs1. The summed E-state index contributed by atoms with van der Waals surface area (Å²) in [5.41, 5.74) is 0.464.